The van der Waals surface area contributed by atoms with Crippen LogP contribution in [0.4, 0.5) is 0 Å². The molecule has 1 fully saturated rings. The number of hydrogen-bond donors (Lipinski definition) is 0. The number of ether oxygens (including phenoxy) is 1. The van der Waals surface area contributed by atoms with Crippen molar-refractivity contribution >= 4 is 10.0 Å². The third kappa shape index (κ3) is 3.32. The van der Waals surface area contributed by atoms with Gasteiger partial charge in [0.1, 0.15) is 0 Å². The third-order valence-corrected chi connectivity index (χ3v) is 6.10. The molecule has 2 aromatic carbocycles. The van der Waals surface area contributed by atoms with Crippen molar-refractivity contribution in [3.63, 3.8) is 0 Å². The maximum atomic E-state index is 12.8. The Balaban J connectivity index is 1.86. The van der Waals surface area contributed by atoms with Gasteiger partial charge in [0.2, 0.25) is 10.0 Å². The Morgan fingerprint density at radius 1 is 1.04 bits per heavy atom. The average Bonchev–Trinajstić information content (AvgIpc) is 2.56. The molecular formula is C18H21NO3S. The lowest BCUT2D eigenvalue weighted by atomic mass is 10.0. The fourth-order valence-electron chi connectivity index (χ4n) is 2.84. The summed E-state index contributed by atoms with van der Waals surface area (Å²) in [7, 11) is -3.48. The molecular weight excluding hydrogens is 310 g/mol. The van der Waals surface area contributed by atoms with E-state index in [1.165, 1.54) is 4.31 Å². The zero-order valence-corrected chi connectivity index (χ0v) is 14.2. The summed E-state index contributed by atoms with van der Waals surface area (Å²) in [5, 5.41) is 0. The topological polar surface area (TPSA) is 46.6 Å². The number of sulfonamides is 1. The van der Waals surface area contributed by atoms with Crippen LogP contribution in [0.1, 0.15) is 22.8 Å². The van der Waals surface area contributed by atoms with E-state index >= 15 is 0 Å². The summed E-state index contributed by atoms with van der Waals surface area (Å²) in [6.45, 7) is 5.11. The second-order valence-electron chi connectivity index (χ2n) is 5.89. The van der Waals surface area contributed by atoms with Crippen LogP contribution >= 0.6 is 0 Å². The van der Waals surface area contributed by atoms with Crippen LogP contribution in [0.5, 0.6) is 0 Å². The van der Waals surface area contributed by atoms with Gasteiger partial charge in [0.25, 0.3) is 0 Å². The number of benzene rings is 2. The molecule has 0 spiro atoms. The highest BCUT2D eigenvalue weighted by Gasteiger charge is 2.31. The first-order valence-electron chi connectivity index (χ1n) is 7.72. The van der Waals surface area contributed by atoms with Crippen molar-refractivity contribution in [3.05, 3.63) is 65.2 Å². The van der Waals surface area contributed by atoms with Gasteiger partial charge in [-0.15, -0.1) is 0 Å². The average molecular weight is 331 g/mol. The zero-order valence-electron chi connectivity index (χ0n) is 13.4. The van der Waals surface area contributed by atoms with E-state index in [4.69, 9.17) is 4.74 Å². The van der Waals surface area contributed by atoms with Gasteiger partial charge in [-0.25, -0.2) is 8.42 Å². The maximum absolute atomic E-state index is 12.8. The highest BCUT2D eigenvalue weighted by Crippen LogP contribution is 2.28. The second-order valence-corrected chi connectivity index (χ2v) is 7.83. The summed E-state index contributed by atoms with van der Waals surface area (Å²) in [5.74, 6) is 0. The molecule has 1 unspecified atom stereocenters. The van der Waals surface area contributed by atoms with Crippen LogP contribution in [-0.2, 0) is 14.8 Å². The summed E-state index contributed by atoms with van der Waals surface area (Å²) in [4.78, 5) is 0.341. The van der Waals surface area contributed by atoms with E-state index in [0.717, 1.165) is 16.7 Å². The minimum Gasteiger partial charge on any atom is -0.371 e. The Hall–Kier alpha value is -1.69. The number of aryl methyl sites for hydroxylation is 2. The summed E-state index contributed by atoms with van der Waals surface area (Å²) in [6.07, 6.45) is -0.217. The van der Waals surface area contributed by atoms with Crippen LogP contribution < -0.4 is 0 Å². The molecule has 0 N–H and O–H groups in total. The van der Waals surface area contributed by atoms with Gasteiger partial charge in [-0.1, -0.05) is 42.0 Å². The van der Waals surface area contributed by atoms with Crippen molar-refractivity contribution in [2.75, 3.05) is 19.7 Å². The van der Waals surface area contributed by atoms with E-state index < -0.39 is 10.0 Å². The molecule has 122 valence electrons. The van der Waals surface area contributed by atoms with Gasteiger partial charge < -0.3 is 4.74 Å². The zero-order chi connectivity index (χ0) is 16.4. The molecule has 1 saturated heterocycles. The smallest absolute Gasteiger partial charge is 0.243 e. The van der Waals surface area contributed by atoms with E-state index in [1.807, 2.05) is 50.2 Å². The molecule has 1 aliphatic heterocycles. The number of nitrogens with zero attached hydrogens (tertiary/aromatic N) is 1. The number of morpholine rings is 1. The van der Waals surface area contributed by atoms with E-state index in [0.29, 0.717) is 24.6 Å². The Labute approximate surface area is 137 Å². The van der Waals surface area contributed by atoms with Gasteiger partial charge in [0.05, 0.1) is 17.6 Å². The van der Waals surface area contributed by atoms with Gasteiger partial charge >= 0.3 is 0 Å². The van der Waals surface area contributed by atoms with Gasteiger partial charge in [0, 0.05) is 13.1 Å². The van der Waals surface area contributed by atoms with Crippen LogP contribution in [0.15, 0.2) is 53.4 Å². The third-order valence-electron chi connectivity index (χ3n) is 4.22. The lowest BCUT2D eigenvalue weighted by Gasteiger charge is -2.33. The first kappa shape index (κ1) is 16.2. The normalized spacial score (nSPS) is 19.7. The second kappa shape index (κ2) is 6.43. The molecule has 3 rings (SSSR count). The number of rotatable bonds is 3. The molecule has 0 aliphatic carbocycles. The quantitative estimate of drug-likeness (QED) is 0.868. The van der Waals surface area contributed by atoms with E-state index in [-0.39, 0.29) is 6.10 Å². The fourth-order valence-corrected chi connectivity index (χ4v) is 4.26. The Bertz CT molecular complexity index is 784. The lowest BCUT2D eigenvalue weighted by molar-refractivity contribution is -0.00288. The predicted octanol–water partition coefficient (Wildman–Crippen LogP) is 3.07. The molecule has 0 bridgehead atoms. The Kier molecular flexibility index (Phi) is 4.53. The maximum Gasteiger partial charge on any atom is 0.243 e. The summed E-state index contributed by atoms with van der Waals surface area (Å²) in [6, 6.07) is 14.9. The molecule has 0 amide bonds. The van der Waals surface area contributed by atoms with Crippen molar-refractivity contribution in [1.82, 2.24) is 4.31 Å². The van der Waals surface area contributed by atoms with Crippen molar-refractivity contribution < 1.29 is 13.2 Å². The molecule has 4 nitrogen and oxygen atoms in total. The highest BCUT2D eigenvalue weighted by molar-refractivity contribution is 7.89. The lowest BCUT2D eigenvalue weighted by Crippen LogP contribution is -2.42. The Morgan fingerprint density at radius 2 is 1.74 bits per heavy atom. The van der Waals surface area contributed by atoms with Crippen molar-refractivity contribution in [2.45, 2.75) is 24.8 Å². The molecule has 1 atom stereocenters. The van der Waals surface area contributed by atoms with E-state index in [9.17, 15) is 8.42 Å². The summed E-state index contributed by atoms with van der Waals surface area (Å²) in [5.41, 5.74) is 3.21. The summed E-state index contributed by atoms with van der Waals surface area (Å²) < 4.78 is 33.0. The van der Waals surface area contributed by atoms with Gasteiger partial charge in [-0.2, -0.15) is 4.31 Å². The van der Waals surface area contributed by atoms with Crippen molar-refractivity contribution in [2.24, 2.45) is 0 Å². The molecule has 1 aliphatic rings. The first-order chi connectivity index (χ1) is 11.0. The Morgan fingerprint density at radius 3 is 2.43 bits per heavy atom. The molecule has 5 heteroatoms. The van der Waals surface area contributed by atoms with Crippen molar-refractivity contribution in [3.8, 4) is 0 Å². The molecule has 0 radical (unpaired) electrons. The first-order valence-corrected chi connectivity index (χ1v) is 9.16. The van der Waals surface area contributed by atoms with Crippen LogP contribution in [0, 0.1) is 13.8 Å². The highest BCUT2D eigenvalue weighted by atomic mass is 32.2. The standard InChI is InChI=1S/C18H21NO3S/c1-14-7-9-16(10-8-14)23(20,21)19-11-12-22-18(13-19)17-6-4-3-5-15(17)2/h3-10,18H,11-13H2,1-2H3. The predicted molar refractivity (Wildman–Crippen MR) is 89.8 cm³/mol. The SMILES string of the molecule is Cc1ccc(S(=O)(=O)N2CCOC(c3ccccc3C)C2)cc1. The molecule has 23 heavy (non-hydrogen) atoms. The van der Waals surface area contributed by atoms with Crippen molar-refractivity contribution in [1.29, 1.82) is 0 Å². The van der Waals surface area contributed by atoms with Gasteiger partial charge in [0.15, 0.2) is 0 Å². The number of hydrogen-bond acceptors (Lipinski definition) is 3. The van der Waals surface area contributed by atoms with E-state index in [2.05, 4.69) is 0 Å². The van der Waals surface area contributed by atoms with Gasteiger partial charge in [-0.3, -0.25) is 0 Å². The fraction of sp³-hybridized carbons (Fsp3) is 0.333. The van der Waals surface area contributed by atoms with Gasteiger partial charge in [-0.05, 0) is 37.1 Å². The monoisotopic (exact) mass is 331 g/mol. The minimum atomic E-state index is -3.48. The molecule has 0 aromatic heterocycles. The molecule has 0 saturated carbocycles. The molecule has 1 heterocycles. The van der Waals surface area contributed by atoms with Crippen LogP contribution in [0.25, 0.3) is 0 Å². The van der Waals surface area contributed by atoms with Crippen LogP contribution in [0.2, 0.25) is 0 Å². The van der Waals surface area contributed by atoms with Crippen LogP contribution in [0.3, 0.4) is 0 Å². The van der Waals surface area contributed by atoms with Crippen LogP contribution in [-0.4, -0.2) is 32.4 Å². The minimum absolute atomic E-state index is 0.217. The van der Waals surface area contributed by atoms with E-state index in [1.54, 1.807) is 12.1 Å². The largest absolute Gasteiger partial charge is 0.371 e. The summed E-state index contributed by atoms with van der Waals surface area (Å²) >= 11 is 0. The molecule has 2 aromatic rings.